The third-order valence-corrected chi connectivity index (χ3v) is 4.26. The molecule has 0 aliphatic carbocycles. The SMILES string of the molecule is CC(=O)OC[C@@H]1C[C@@H](OC(C)=O)[C@H](n2cc(-c3ccccc3)c(=O)[nH]c2=O)O1. The molecule has 1 saturated heterocycles. The summed E-state index contributed by atoms with van der Waals surface area (Å²) in [6.45, 7) is 2.49. The van der Waals surface area contributed by atoms with Crippen LogP contribution < -0.4 is 11.2 Å². The van der Waals surface area contributed by atoms with Crippen LogP contribution in [0.4, 0.5) is 0 Å². The normalized spacial score (nSPS) is 21.3. The fourth-order valence-corrected chi connectivity index (χ4v) is 3.10. The van der Waals surface area contributed by atoms with E-state index >= 15 is 0 Å². The zero-order valence-electron chi connectivity index (χ0n) is 15.4. The van der Waals surface area contributed by atoms with Crippen molar-refractivity contribution in [3.8, 4) is 11.1 Å². The number of rotatable bonds is 5. The minimum Gasteiger partial charge on any atom is -0.463 e. The van der Waals surface area contributed by atoms with Gasteiger partial charge in [-0.2, -0.15) is 0 Å². The summed E-state index contributed by atoms with van der Waals surface area (Å²) in [5.74, 6) is -1.00. The van der Waals surface area contributed by atoms with Gasteiger partial charge in [0.25, 0.3) is 5.56 Å². The highest BCUT2D eigenvalue weighted by Gasteiger charge is 2.40. The molecule has 1 N–H and O–H groups in total. The lowest BCUT2D eigenvalue weighted by molar-refractivity contribution is -0.153. The first-order valence-corrected chi connectivity index (χ1v) is 8.72. The molecule has 0 saturated carbocycles. The number of carbonyl (C=O) groups excluding carboxylic acids is 2. The van der Waals surface area contributed by atoms with Gasteiger partial charge in [0.2, 0.25) is 0 Å². The van der Waals surface area contributed by atoms with E-state index in [1.807, 2.05) is 6.07 Å². The molecule has 1 aromatic heterocycles. The monoisotopic (exact) mass is 388 g/mol. The predicted octanol–water partition coefficient (Wildman–Crippen LogP) is 0.986. The molecule has 2 aromatic rings. The Morgan fingerprint density at radius 3 is 2.54 bits per heavy atom. The van der Waals surface area contributed by atoms with Crippen LogP contribution >= 0.6 is 0 Å². The molecule has 1 fully saturated rings. The molecule has 0 unspecified atom stereocenters. The Balaban J connectivity index is 1.97. The first-order valence-electron chi connectivity index (χ1n) is 8.72. The molecule has 148 valence electrons. The first kappa shape index (κ1) is 19.6. The highest BCUT2D eigenvalue weighted by atomic mass is 16.6. The molecule has 9 nitrogen and oxygen atoms in total. The van der Waals surface area contributed by atoms with Crippen molar-refractivity contribution >= 4 is 11.9 Å². The van der Waals surface area contributed by atoms with Crippen LogP contribution in [0.5, 0.6) is 0 Å². The van der Waals surface area contributed by atoms with Gasteiger partial charge in [0.1, 0.15) is 12.7 Å². The summed E-state index contributed by atoms with van der Waals surface area (Å²) in [6, 6.07) is 8.83. The van der Waals surface area contributed by atoms with E-state index in [4.69, 9.17) is 14.2 Å². The van der Waals surface area contributed by atoms with E-state index < -0.39 is 41.6 Å². The predicted molar refractivity (Wildman–Crippen MR) is 97.5 cm³/mol. The van der Waals surface area contributed by atoms with E-state index in [1.165, 1.54) is 24.6 Å². The number of aromatic amines is 1. The zero-order valence-corrected chi connectivity index (χ0v) is 15.4. The van der Waals surface area contributed by atoms with Crippen molar-refractivity contribution in [1.29, 1.82) is 0 Å². The lowest BCUT2D eigenvalue weighted by atomic mass is 10.1. The number of esters is 2. The van der Waals surface area contributed by atoms with Crippen LogP contribution in [0.25, 0.3) is 11.1 Å². The highest BCUT2D eigenvalue weighted by Crippen LogP contribution is 2.31. The average Bonchev–Trinajstić information content (AvgIpc) is 3.02. The smallest absolute Gasteiger partial charge is 0.330 e. The molecule has 0 radical (unpaired) electrons. The van der Waals surface area contributed by atoms with Gasteiger partial charge < -0.3 is 14.2 Å². The molecule has 3 rings (SSSR count). The van der Waals surface area contributed by atoms with Crippen molar-refractivity contribution < 1.29 is 23.8 Å². The van der Waals surface area contributed by atoms with Gasteiger partial charge in [-0.25, -0.2) is 4.79 Å². The molecule has 2 heterocycles. The van der Waals surface area contributed by atoms with Crippen molar-refractivity contribution in [1.82, 2.24) is 9.55 Å². The highest BCUT2D eigenvalue weighted by molar-refractivity contribution is 5.66. The second-order valence-corrected chi connectivity index (χ2v) is 6.41. The summed E-state index contributed by atoms with van der Waals surface area (Å²) < 4.78 is 17.2. The summed E-state index contributed by atoms with van der Waals surface area (Å²) >= 11 is 0. The van der Waals surface area contributed by atoms with E-state index in [1.54, 1.807) is 24.3 Å². The maximum atomic E-state index is 12.4. The van der Waals surface area contributed by atoms with Crippen molar-refractivity contribution in [3.05, 3.63) is 57.4 Å². The second-order valence-electron chi connectivity index (χ2n) is 6.41. The lowest BCUT2D eigenvalue weighted by Gasteiger charge is -2.21. The third kappa shape index (κ3) is 4.37. The summed E-state index contributed by atoms with van der Waals surface area (Å²) in [7, 11) is 0. The number of nitrogens with zero attached hydrogens (tertiary/aromatic N) is 1. The number of hydrogen-bond acceptors (Lipinski definition) is 7. The minimum absolute atomic E-state index is 0.0345. The Kier molecular flexibility index (Phi) is 5.74. The van der Waals surface area contributed by atoms with E-state index in [-0.39, 0.29) is 18.6 Å². The van der Waals surface area contributed by atoms with Crippen molar-refractivity contribution in [2.75, 3.05) is 6.61 Å². The topological polar surface area (TPSA) is 117 Å². The van der Waals surface area contributed by atoms with Crippen molar-refractivity contribution in [3.63, 3.8) is 0 Å². The quantitative estimate of drug-likeness (QED) is 0.759. The van der Waals surface area contributed by atoms with Gasteiger partial charge in [0.05, 0.1) is 11.7 Å². The standard InChI is InChI=1S/C19H20N2O7/c1-11(22)26-10-14-8-16(27-12(2)23)18(28-14)21-9-15(17(24)20-19(21)25)13-6-4-3-5-7-13/h3-7,9,14,16,18H,8,10H2,1-2H3,(H,20,24,25)/t14-,16+,18+/m0/s1. The molecule has 28 heavy (non-hydrogen) atoms. The number of ether oxygens (including phenoxy) is 3. The number of hydrogen-bond donors (Lipinski definition) is 1. The Bertz CT molecular complexity index is 980. The largest absolute Gasteiger partial charge is 0.463 e. The molecule has 9 heteroatoms. The van der Waals surface area contributed by atoms with Crippen LogP contribution in [0, 0.1) is 0 Å². The lowest BCUT2D eigenvalue weighted by Crippen LogP contribution is -2.37. The zero-order chi connectivity index (χ0) is 20.3. The molecule has 1 aliphatic heterocycles. The molecule has 1 aromatic carbocycles. The molecule has 0 bridgehead atoms. The molecule has 3 atom stereocenters. The third-order valence-electron chi connectivity index (χ3n) is 4.26. The van der Waals surface area contributed by atoms with E-state index in [2.05, 4.69) is 4.98 Å². The minimum atomic E-state index is -0.962. The van der Waals surface area contributed by atoms with Crippen LogP contribution in [0.2, 0.25) is 0 Å². The van der Waals surface area contributed by atoms with Crippen molar-refractivity contribution in [2.45, 2.75) is 38.7 Å². The van der Waals surface area contributed by atoms with Gasteiger partial charge in [-0.15, -0.1) is 0 Å². The summed E-state index contributed by atoms with van der Waals surface area (Å²) in [4.78, 5) is 49.5. The van der Waals surface area contributed by atoms with Gasteiger partial charge in [-0.3, -0.25) is 23.9 Å². The summed E-state index contributed by atoms with van der Waals surface area (Å²) in [5, 5.41) is 0. The van der Waals surface area contributed by atoms with E-state index in [0.717, 1.165) is 0 Å². The van der Waals surface area contributed by atoms with Crippen LogP contribution in [-0.4, -0.2) is 40.3 Å². The van der Waals surface area contributed by atoms with Gasteiger partial charge >= 0.3 is 17.6 Å². The van der Waals surface area contributed by atoms with Crippen LogP contribution in [0.3, 0.4) is 0 Å². The van der Waals surface area contributed by atoms with Crippen LogP contribution in [-0.2, 0) is 23.8 Å². The van der Waals surface area contributed by atoms with Gasteiger partial charge in [-0.1, -0.05) is 30.3 Å². The van der Waals surface area contributed by atoms with Crippen molar-refractivity contribution in [2.24, 2.45) is 0 Å². The summed E-state index contributed by atoms with van der Waals surface area (Å²) in [5.41, 5.74) is -0.337. The average molecular weight is 388 g/mol. The Labute approximate surface area is 159 Å². The Morgan fingerprint density at radius 1 is 1.18 bits per heavy atom. The van der Waals surface area contributed by atoms with Gasteiger partial charge in [-0.05, 0) is 5.56 Å². The Morgan fingerprint density at radius 2 is 1.89 bits per heavy atom. The van der Waals surface area contributed by atoms with Crippen LogP contribution in [0.1, 0.15) is 26.5 Å². The number of H-pyrrole nitrogens is 1. The van der Waals surface area contributed by atoms with E-state index in [9.17, 15) is 19.2 Å². The van der Waals surface area contributed by atoms with Crippen LogP contribution in [0.15, 0.2) is 46.1 Å². The van der Waals surface area contributed by atoms with E-state index in [0.29, 0.717) is 5.56 Å². The summed E-state index contributed by atoms with van der Waals surface area (Å²) in [6.07, 6.45) is -0.672. The molecule has 0 amide bonds. The first-order chi connectivity index (χ1) is 13.3. The van der Waals surface area contributed by atoms with Gasteiger partial charge in [0, 0.05) is 26.5 Å². The van der Waals surface area contributed by atoms with Gasteiger partial charge in [0.15, 0.2) is 6.23 Å². The Hall–Kier alpha value is -3.20. The fraction of sp³-hybridized carbons (Fsp3) is 0.368. The number of benzene rings is 1. The molecular weight excluding hydrogens is 368 g/mol. The molecule has 0 spiro atoms. The fourth-order valence-electron chi connectivity index (χ4n) is 3.10. The molecule has 1 aliphatic rings. The maximum absolute atomic E-state index is 12.4. The number of nitrogens with one attached hydrogen (secondary N) is 1. The molecular formula is C19H20N2O7. The number of carbonyl (C=O) groups is 2. The maximum Gasteiger partial charge on any atom is 0.330 e. The number of aromatic nitrogens is 2. The second kappa shape index (κ2) is 8.22.